The van der Waals surface area contributed by atoms with E-state index in [9.17, 15) is 4.79 Å². The summed E-state index contributed by atoms with van der Waals surface area (Å²) in [5.41, 5.74) is 2.32. The second kappa shape index (κ2) is 10.5. The highest BCUT2D eigenvalue weighted by molar-refractivity contribution is 8.93. The Morgan fingerprint density at radius 3 is 2.32 bits per heavy atom. The van der Waals surface area contributed by atoms with Crippen LogP contribution >= 0.6 is 45.3 Å². The van der Waals surface area contributed by atoms with Crippen molar-refractivity contribution in [1.82, 2.24) is 14.0 Å². The molecule has 3 aromatic rings. The molecule has 0 aliphatic carbocycles. The molecule has 9 heteroatoms. The van der Waals surface area contributed by atoms with Crippen molar-refractivity contribution < 1.29 is 9.53 Å². The van der Waals surface area contributed by atoms with Gasteiger partial charge < -0.3 is 13.9 Å². The number of halogens is 2. The number of benzene rings is 1. The van der Waals surface area contributed by atoms with E-state index in [0.717, 1.165) is 55.3 Å². The topological polar surface area (TPSA) is 63.2 Å². The van der Waals surface area contributed by atoms with Gasteiger partial charge in [0.2, 0.25) is 5.62 Å². The molecule has 1 saturated heterocycles. The highest BCUT2D eigenvalue weighted by atomic mass is 79.9. The minimum atomic E-state index is 0. The Labute approximate surface area is 188 Å². The van der Waals surface area contributed by atoms with Gasteiger partial charge in [-0.2, -0.15) is 0 Å². The van der Waals surface area contributed by atoms with Crippen LogP contribution in [0.3, 0.4) is 0 Å². The van der Waals surface area contributed by atoms with E-state index >= 15 is 0 Å². The molecule has 0 spiro atoms. The first-order valence-electron chi connectivity index (χ1n) is 8.83. The van der Waals surface area contributed by atoms with E-state index < -0.39 is 0 Å². The number of ketones is 1. The molecule has 2 aromatic heterocycles. The largest absolute Gasteiger partial charge is 0.379 e. The lowest BCUT2D eigenvalue weighted by atomic mass is 10.3. The third-order valence-electron chi connectivity index (χ3n) is 4.82. The maximum atomic E-state index is 12.6. The number of morpholine rings is 1. The van der Waals surface area contributed by atoms with Gasteiger partial charge in [0.15, 0.2) is 5.78 Å². The summed E-state index contributed by atoms with van der Waals surface area (Å²) >= 11 is 1.45. The maximum Gasteiger partial charge on any atom is 0.203 e. The van der Waals surface area contributed by atoms with E-state index in [1.165, 1.54) is 11.3 Å². The number of carbonyl (C=O) groups excluding carboxylic acids is 1. The number of nitrogens with one attached hydrogen (secondary N) is 1. The van der Waals surface area contributed by atoms with E-state index in [1.54, 1.807) is 0 Å². The fourth-order valence-corrected chi connectivity index (χ4v) is 4.06. The van der Waals surface area contributed by atoms with E-state index in [1.807, 2.05) is 50.9 Å². The minimum Gasteiger partial charge on any atom is -0.379 e. The number of thiophene rings is 1. The monoisotopic (exact) mass is 530 g/mol. The van der Waals surface area contributed by atoms with Crippen LogP contribution in [0.5, 0.6) is 0 Å². The van der Waals surface area contributed by atoms with E-state index in [0.29, 0.717) is 5.62 Å². The Kier molecular flexibility index (Phi) is 8.63. The van der Waals surface area contributed by atoms with Crippen molar-refractivity contribution in [1.29, 1.82) is 5.41 Å². The average Bonchev–Trinajstić information content (AvgIpc) is 3.29. The van der Waals surface area contributed by atoms with Crippen LogP contribution < -0.4 is 5.62 Å². The van der Waals surface area contributed by atoms with Gasteiger partial charge >= 0.3 is 0 Å². The van der Waals surface area contributed by atoms with Gasteiger partial charge in [-0.3, -0.25) is 15.1 Å². The molecule has 1 fully saturated rings. The molecule has 6 nitrogen and oxygen atoms in total. The quantitative estimate of drug-likeness (QED) is 0.496. The first kappa shape index (κ1) is 23.0. The van der Waals surface area contributed by atoms with Crippen LogP contribution in [0.4, 0.5) is 0 Å². The van der Waals surface area contributed by atoms with Crippen LogP contribution in [0.1, 0.15) is 9.67 Å². The predicted octanol–water partition coefficient (Wildman–Crippen LogP) is 3.35. The van der Waals surface area contributed by atoms with Crippen LogP contribution in [-0.2, 0) is 17.8 Å². The number of hydrogen-bond donors (Lipinski definition) is 1. The molecular formula is C19H24Br2N4O2S. The summed E-state index contributed by atoms with van der Waals surface area (Å²) in [5.74, 6) is 0.0505. The van der Waals surface area contributed by atoms with Crippen molar-refractivity contribution in [2.45, 2.75) is 13.1 Å². The second-order valence-electron chi connectivity index (χ2n) is 6.40. The minimum absolute atomic E-state index is 0. The molecule has 1 aliphatic heterocycles. The van der Waals surface area contributed by atoms with Gasteiger partial charge in [0, 0.05) is 26.2 Å². The average molecular weight is 532 g/mol. The number of aromatic nitrogens is 2. The number of hydrogen-bond acceptors (Lipinski definition) is 5. The molecule has 1 aliphatic rings. The van der Waals surface area contributed by atoms with Gasteiger partial charge in [-0.25, -0.2) is 0 Å². The lowest BCUT2D eigenvalue weighted by Crippen LogP contribution is -2.39. The molecule has 0 atom stereocenters. The van der Waals surface area contributed by atoms with Crippen LogP contribution in [-0.4, -0.2) is 52.7 Å². The fourth-order valence-electron chi connectivity index (χ4n) is 3.41. The third-order valence-corrected chi connectivity index (χ3v) is 5.73. The molecule has 0 unspecified atom stereocenters. The van der Waals surface area contributed by atoms with Gasteiger partial charge in [0.25, 0.3) is 0 Å². The van der Waals surface area contributed by atoms with Gasteiger partial charge in [-0.15, -0.1) is 45.3 Å². The van der Waals surface area contributed by atoms with Crippen molar-refractivity contribution in [3.05, 3.63) is 52.3 Å². The van der Waals surface area contributed by atoms with Crippen molar-refractivity contribution in [2.24, 2.45) is 0 Å². The molecule has 0 bridgehead atoms. The van der Waals surface area contributed by atoms with Crippen molar-refractivity contribution in [3.8, 4) is 0 Å². The maximum absolute atomic E-state index is 12.6. The summed E-state index contributed by atoms with van der Waals surface area (Å²) in [4.78, 5) is 15.7. The van der Waals surface area contributed by atoms with Gasteiger partial charge in [-0.1, -0.05) is 18.2 Å². The van der Waals surface area contributed by atoms with Crippen molar-refractivity contribution >= 4 is 62.1 Å². The van der Waals surface area contributed by atoms with Crippen molar-refractivity contribution in [2.75, 3.05) is 32.8 Å². The Morgan fingerprint density at radius 2 is 1.68 bits per heavy atom. The molecule has 3 heterocycles. The third kappa shape index (κ3) is 4.83. The summed E-state index contributed by atoms with van der Waals surface area (Å²) in [6.07, 6.45) is 0. The molecule has 4 rings (SSSR count). The second-order valence-corrected chi connectivity index (χ2v) is 7.35. The summed E-state index contributed by atoms with van der Waals surface area (Å²) in [7, 11) is 0. The summed E-state index contributed by atoms with van der Waals surface area (Å²) in [6, 6.07) is 11.7. The van der Waals surface area contributed by atoms with Crippen LogP contribution in [0.25, 0.3) is 11.0 Å². The predicted molar refractivity (Wildman–Crippen MR) is 122 cm³/mol. The first-order valence-corrected chi connectivity index (χ1v) is 9.71. The molecule has 0 saturated carbocycles. The zero-order valence-electron chi connectivity index (χ0n) is 15.4. The number of fused-ring (bicyclic) bond motifs is 1. The van der Waals surface area contributed by atoms with E-state index in [-0.39, 0.29) is 46.3 Å². The van der Waals surface area contributed by atoms with E-state index in [2.05, 4.69) is 4.90 Å². The Morgan fingerprint density at radius 1 is 1.00 bits per heavy atom. The summed E-state index contributed by atoms with van der Waals surface area (Å²) in [5, 5.41) is 10.6. The standard InChI is InChI=1S/C19H22N4O2S.2BrH/c20-19-22(8-7-21-9-11-25-12-10-21)15-4-1-2-5-16(15)23(19)14-17(24)18-6-3-13-26-18;;/h1-6,13,20H,7-12,14H2;2*1H. The van der Waals surface area contributed by atoms with Gasteiger partial charge in [0.05, 0.1) is 35.7 Å². The molecule has 0 radical (unpaired) electrons. The highest BCUT2D eigenvalue weighted by Gasteiger charge is 2.16. The fraction of sp³-hybridized carbons (Fsp3) is 0.368. The number of ether oxygens (including phenoxy) is 1. The van der Waals surface area contributed by atoms with E-state index in [4.69, 9.17) is 10.1 Å². The normalized spacial score (nSPS) is 14.4. The first-order chi connectivity index (χ1) is 12.7. The molecule has 1 aromatic carbocycles. The Hall–Kier alpha value is -1.26. The lowest BCUT2D eigenvalue weighted by Gasteiger charge is -2.26. The molecule has 0 amide bonds. The van der Waals surface area contributed by atoms with Crippen molar-refractivity contribution in [3.63, 3.8) is 0 Å². The lowest BCUT2D eigenvalue weighted by molar-refractivity contribution is 0.0363. The number of nitrogens with zero attached hydrogens (tertiary/aromatic N) is 3. The Bertz CT molecular complexity index is 962. The SMILES string of the molecule is Br.Br.N=c1n(CCN2CCOCC2)c2ccccc2n1CC(=O)c1cccs1. The number of carbonyl (C=O) groups is 1. The Balaban J connectivity index is 0.00000140. The number of imidazole rings is 1. The molecule has 152 valence electrons. The summed E-state index contributed by atoms with van der Waals surface area (Å²) in [6.45, 7) is 5.23. The molecule has 1 N–H and O–H groups in total. The molecular weight excluding hydrogens is 508 g/mol. The number of Topliss-reactive ketones (excluding diaryl/α,β-unsaturated/α-hetero) is 1. The highest BCUT2D eigenvalue weighted by Crippen LogP contribution is 2.15. The smallest absolute Gasteiger partial charge is 0.203 e. The number of para-hydroxylation sites is 2. The zero-order chi connectivity index (χ0) is 17.9. The number of rotatable bonds is 6. The van der Waals surface area contributed by atoms with Crippen LogP contribution in [0.15, 0.2) is 41.8 Å². The van der Waals surface area contributed by atoms with Gasteiger partial charge in [0.1, 0.15) is 0 Å². The zero-order valence-corrected chi connectivity index (χ0v) is 19.6. The molecule has 28 heavy (non-hydrogen) atoms. The summed E-state index contributed by atoms with van der Waals surface area (Å²) < 4.78 is 9.23. The van der Waals surface area contributed by atoms with Crippen LogP contribution in [0, 0.1) is 5.41 Å². The van der Waals surface area contributed by atoms with Gasteiger partial charge in [-0.05, 0) is 23.6 Å². The van der Waals surface area contributed by atoms with Crippen LogP contribution in [0.2, 0.25) is 0 Å².